The number of hydrogen-bond acceptors (Lipinski definition) is 7. The first kappa shape index (κ1) is 22.8. The van der Waals surface area contributed by atoms with Crippen molar-refractivity contribution in [3.05, 3.63) is 81.7 Å². The number of pyridine rings is 1. The first-order chi connectivity index (χ1) is 15.9. The molecule has 1 N–H and O–H groups in total. The number of rotatable bonds is 5. The predicted octanol–water partition coefficient (Wildman–Crippen LogP) is 6.46. The van der Waals surface area contributed by atoms with Crippen LogP contribution in [0, 0.1) is 11.6 Å². The second-order valence-electron chi connectivity index (χ2n) is 6.63. The molecule has 0 unspecified atom stereocenters. The zero-order valence-corrected chi connectivity index (χ0v) is 19.7. The van der Waals surface area contributed by atoms with Gasteiger partial charge < -0.3 is 10.1 Å². The smallest absolute Gasteiger partial charge is 0.168 e. The normalized spacial score (nSPS) is 14.9. The van der Waals surface area contributed by atoms with Crippen molar-refractivity contribution in [3.8, 4) is 5.75 Å². The van der Waals surface area contributed by atoms with Gasteiger partial charge in [0.25, 0.3) is 0 Å². The number of allylic oxidation sites excluding steroid dienone is 3. The molecule has 0 fully saturated rings. The van der Waals surface area contributed by atoms with Crippen molar-refractivity contribution in [2.24, 2.45) is 5.10 Å². The minimum Gasteiger partial charge on any atom is -0.454 e. The Kier molecular flexibility index (Phi) is 6.66. The Morgan fingerprint density at radius 1 is 1.18 bits per heavy atom. The lowest BCUT2D eigenvalue weighted by Gasteiger charge is -2.20. The van der Waals surface area contributed by atoms with Crippen LogP contribution in [-0.2, 0) is 0 Å². The van der Waals surface area contributed by atoms with Crippen molar-refractivity contribution in [2.75, 3.05) is 5.32 Å². The molecule has 0 saturated heterocycles. The maximum atomic E-state index is 14.8. The van der Waals surface area contributed by atoms with E-state index >= 15 is 0 Å². The minimum absolute atomic E-state index is 0.147. The SMILES string of the molecule is CC=C1C=C(Oc2cc(F)c(Nc3ncnc4cc(Br)c(Cl)nc34)cc2F)C=CN1/N=C\C. The van der Waals surface area contributed by atoms with Gasteiger partial charge in [0.05, 0.1) is 21.4 Å². The third-order valence-corrected chi connectivity index (χ3v) is 5.61. The highest BCUT2D eigenvalue weighted by Gasteiger charge is 2.17. The van der Waals surface area contributed by atoms with Gasteiger partial charge in [0.2, 0.25) is 0 Å². The quantitative estimate of drug-likeness (QED) is 0.299. The maximum Gasteiger partial charge on any atom is 0.168 e. The third kappa shape index (κ3) is 4.86. The Bertz CT molecular complexity index is 1360. The average Bonchev–Trinajstić information content (AvgIpc) is 2.79. The number of ether oxygens (including phenoxy) is 1. The summed E-state index contributed by atoms with van der Waals surface area (Å²) in [4.78, 5) is 12.4. The second-order valence-corrected chi connectivity index (χ2v) is 7.85. The van der Waals surface area contributed by atoms with Gasteiger partial charge >= 0.3 is 0 Å². The van der Waals surface area contributed by atoms with E-state index in [-0.39, 0.29) is 22.4 Å². The molecule has 0 bridgehead atoms. The van der Waals surface area contributed by atoms with Crippen molar-refractivity contribution in [3.63, 3.8) is 0 Å². The number of fused-ring (bicyclic) bond motifs is 1. The van der Waals surface area contributed by atoms with Gasteiger partial charge in [-0.15, -0.1) is 0 Å². The van der Waals surface area contributed by atoms with Crippen LogP contribution in [0.3, 0.4) is 0 Å². The first-order valence-corrected chi connectivity index (χ1v) is 10.8. The zero-order valence-electron chi connectivity index (χ0n) is 17.4. The fourth-order valence-corrected chi connectivity index (χ4v) is 3.43. The molecule has 0 atom stereocenters. The van der Waals surface area contributed by atoms with E-state index in [2.05, 4.69) is 41.3 Å². The van der Waals surface area contributed by atoms with Gasteiger partial charge in [-0.05, 0) is 41.9 Å². The molecule has 0 saturated carbocycles. The Labute approximate surface area is 201 Å². The van der Waals surface area contributed by atoms with E-state index in [9.17, 15) is 8.78 Å². The summed E-state index contributed by atoms with van der Waals surface area (Å²) in [6.07, 6.45) is 9.66. The van der Waals surface area contributed by atoms with Gasteiger partial charge in [0.15, 0.2) is 23.2 Å². The summed E-state index contributed by atoms with van der Waals surface area (Å²) < 4.78 is 35.8. The number of hydrogen-bond donors (Lipinski definition) is 1. The van der Waals surface area contributed by atoms with Crippen LogP contribution in [0.2, 0.25) is 5.15 Å². The molecule has 168 valence electrons. The molecule has 7 nitrogen and oxygen atoms in total. The summed E-state index contributed by atoms with van der Waals surface area (Å²) in [6.45, 7) is 3.62. The van der Waals surface area contributed by atoms with Gasteiger partial charge in [0, 0.05) is 30.6 Å². The predicted molar refractivity (Wildman–Crippen MR) is 127 cm³/mol. The van der Waals surface area contributed by atoms with Crippen LogP contribution in [0.15, 0.2) is 70.0 Å². The summed E-state index contributed by atoms with van der Waals surface area (Å²) in [6, 6.07) is 3.60. The molecule has 3 aromatic rings. The van der Waals surface area contributed by atoms with Crippen molar-refractivity contribution in [2.45, 2.75) is 13.8 Å². The monoisotopic (exact) mass is 532 g/mol. The topological polar surface area (TPSA) is 75.5 Å². The van der Waals surface area contributed by atoms with Gasteiger partial charge in [-0.1, -0.05) is 17.7 Å². The van der Waals surface area contributed by atoms with Crippen molar-refractivity contribution in [1.82, 2.24) is 20.0 Å². The van der Waals surface area contributed by atoms with Gasteiger partial charge in [-0.3, -0.25) is 0 Å². The summed E-state index contributed by atoms with van der Waals surface area (Å²) in [5.74, 6) is -1.28. The highest BCUT2D eigenvalue weighted by Crippen LogP contribution is 2.32. The maximum absolute atomic E-state index is 14.8. The third-order valence-electron chi connectivity index (χ3n) is 4.49. The summed E-state index contributed by atoms with van der Waals surface area (Å²) in [5.41, 5.74) is 1.35. The molecule has 11 heteroatoms. The van der Waals surface area contributed by atoms with E-state index in [1.54, 1.807) is 42.6 Å². The molecule has 0 radical (unpaired) electrons. The second kappa shape index (κ2) is 9.63. The highest BCUT2D eigenvalue weighted by atomic mass is 79.9. The van der Waals surface area contributed by atoms with E-state index in [1.165, 1.54) is 6.33 Å². The molecule has 1 aromatic carbocycles. The van der Waals surface area contributed by atoms with Crippen LogP contribution in [0.1, 0.15) is 13.8 Å². The Balaban J connectivity index is 1.61. The van der Waals surface area contributed by atoms with Gasteiger partial charge in [-0.25, -0.2) is 28.7 Å². The van der Waals surface area contributed by atoms with Crippen LogP contribution in [0.4, 0.5) is 20.3 Å². The van der Waals surface area contributed by atoms with Crippen LogP contribution in [0.25, 0.3) is 11.0 Å². The largest absolute Gasteiger partial charge is 0.454 e. The van der Waals surface area contributed by atoms with Gasteiger partial charge in [-0.2, -0.15) is 5.10 Å². The van der Waals surface area contributed by atoms with Crippen molar-refractivity contribution >= 4 is 56.3 Å². The molecule has 2 aromatic heterocycles. The van der Waals surface area contributed by atoms with Crippen LogP contribution >= 0.6 is 27.5 Å². The summed E-state index contributed by atoms with van der Waals surface area (Å²) in [5, 5.41) is 8.74. The minimum atomic E-state index is -0.767. The van der Waals surface area contributed by atoms with Crippen LogP contribution in [0.5, 0.6) is 5.75 Å². The lowest BCUT2D eigenvalue weighted by Crippen LogP contribution is -2.13. The van der Waals surface area contributed by atoms with Crippen LogP contribution < -0.4 is 10.1 Å². The molecular formula is C22H16BrClF2N6O. The van der Waals surface area contributed by atoms with Crippen LogP contribution in [-0.4, -0.2) is 26.2 Å². The van der Waals surface area contributed by atoms with E-state index in [0.717, 1.165) is 17.8 Å². The van der Waals surface area contributed by atoms with E-state index in [1.807, 2.05) is 13.0 Å². The number of benzene rings is 1. The van der Waals surface area contributed by atoms with E-state index in [4.69, 9.17) is 16.3 Å². The molecule has 0 spiro atoms. The fourth-order valence-electron chi connectivity index (χ4n) is 2.99. The lowest BCUT2D eigenvalue weighted by atomic mass is 10.2. The first-order valence-electron chi connectivity index (χ1n) is 9.64. The number of hydrazone groups is 1. The molecule has 0 amide bonds. The Morgan fingerprint density at radius 3 is 2.76 bits per heavy atom. The zero-order chi connectivity index (χ0) is 23.5. The molecule has 4 rings (SSSR count). The number of anilines is 2. The molecule has 1 aliphatic rings. The Hall–Kier alpha value is -3.37. The number of halogens is 4. The fraction of sp³-hybridized carbons (Fsp3) is 0.0909. The Morgan fingerprint density at radius 2 is 2.00 bits per heavy atom. The number of nitrogens with zero attached hydrogens (tertiary/aromatic N) is 5. The summed E-state index contributed by atoms with van der Waals surface area (Å²) in [7, 11) is 0. The molecule has 0 aliphatic carbocycles. The molecule has 3 heterocycles. The van der Waals surface area contributed by atoms with E-state index in [0.29, 0.717) is 21.3 Å². The average molecular weight is 534 g/mol. The molecular weight excluding hydrogens is 518 g/mol. The number of aromatic nitrogens is 3. The highest BCUT2D eigenvalue weighted by molar-refractivity contribution is 9.10. The number of nitrogens with one attached hydrogen (secondary N) is 1. The van der Waals surface area contributed by atoms with Crippen molar-refractivity contribution in [1.29, 1.82) is 0 Å². The lowest BCUT2D eigenvalue weighted by molar-refractivity contribution is 0.395. The molecule has 1 aliphatic heterocycles. The van der Waals surface area contributed by atoms with Gasteiger partial charge in [0.1, 0.15) is 22.8 Å². The molecule has 33 heavy (non-hydrogen) atoms. The summed E-state index contributed by atoms with van der Waals surface area (Å²) >= 11 is 9.34. The van der Waals surface area contributed by atoms with Crippen molar-refractivity contribution < 1.29 is 13.5 Å². The standard InChI is InChI=1S/C22H16BrClF2N6O/c1-3-12-7-13(5-6-32(12)29-4-2)33-19-10-15(25)17(9-16(19)26)30-22-20-18(27-11-28-22)8-14(23)21(24)31-20/h3-11H,1-2H3,(H,27,28,30)/b12-3?,29-4-. The van der Waals surface area contributed by atoms with E-state index < -0.39 is 11.6 Å².